The van der Waals surface area contributed by atoms with E-state index in [1.807, 2.05) is 18.0 Å². The molecule has 8 nitrogen and oxygen atoms in total. The Bertz CT molecular complexity index is 756. The van der Waals surface area contributed by atoms with Crippen molar-refractivity contribution < 1.29 is 14.3 Å². The van der Waals surface area contributed by atoms with Gasteiger partial charge < -0.3 is 14.4 Å². The quantitative estimate of drug-likeness (QED) is 0.685. The number of aromatic nitrogens is 4. The van der Waals surface area contributed by atoms with Gasteiger partial charge in [-0.3, -0.25) is 4.79 Å². The van der Waals surface area contributed by atoms with Gasteiger partial charge in [-0.15, -0.1) is 0 Å². The third-order valence-corrected chi connectivity index (χ3v) is 4.56. The first-order chi connectivity index (χ1) is 13.2. The molecule has 1 unspecified atom stereocenters. The van der Waals surface area contributed by atoms with Crippen LogP contribution in [0.15, 0.2) is 24.7 Å². The summed E-state index contributed by atoms with van der Waals surface area (Å²) in [5.41, 5.74) is 1.93. The van der Waals surface area contributed by atoms with Crippen LogP contribution in [0.25, 0.3) is 0 Å². The van der Waals surface area contributed by atoms with Crippen LogP contribution in [0.5, 0.6) is 0 Å². The Labute approximate surface area is 159 Å². The molecule has 0 spiro atoms. The second-order valence-electron chi connectivity index (χ2n) is 6.54. The number of rotatable bonds is 7. The molecule has 3 rings (SSSR count). The zero-order valence-corrected chi connectivity index (χ0v) is 15.8. The van der Waals surface area contributed by atoms with Gasteiger partial charge in [-0.1, -0.05) is 0 Å². The number of amides is 1. The van der Waals surface area contributed by atoms with Crippen molar-refractivity contribution >= 4 is 5.91 Å². The van der Waals surface area contributed by atoms with Gasteiger partial charge >= 0.3 is 0 Å². The van der Waals surface area contributed by atoms with Crippen molar-refractivity contribution in [1.29, 1.82) is 0 Å². The second-order valence-corrected chi connectivity index (χ2v) is 6.54. The zero-order chi connectivity index (χ0) is 19.1. The SMILES string of the molecule is COCCOCc1cnc(C)nc1C1CCCN(C(=O)c2ncccn2)C1. The first-order valence-corrected chi connectivity index (χ1v) is 9.14. The van der Waals surface area contributed by atoms with E-state index in [0.29, 0.717) is 32.9 Å². The monoisotopic (exact) mass is 371 g/mol. The van der Waals surface area contributed by atoms with Gasteiger partial charge in [0.25, 0.3) is 5.91 Å². The van der Waals surface area contributed by atoms with Crippen molar-refractivity contribution in [3.05, 3.63) is 47.6 Å². The topological polar surface area (TPSA) is 90.3 Å². The lowest BCUT2D eigenvalue weighted by Crippen LogP contribution is -2.40. The number of piperidine rings is 1. The summed E-state index contributed by atoms with van der Waals surface area (Å²) in [5, 5.41) is 0. The fourth-order valence-corrected chi connectivity index (χ4v) is 3.24. The van der Waals surface area contributed by atoms with Crippen LogP contribution in [0.3, 0.4) is 0 Å². The van der Waals surface area contributed by atoms with Gasteiger partial charge in [0, 0.05) is 50.3 Å². The fraction of sp³-hybridized carbons (Fsp3) is 0.526. The maximum atomic E-state index is 12.7. The minimum absolute atomic E-state index is 0.135. The first-order valence-electron chi connectivity index (χ1n) is 9.14. The Morgan fingerprint density at radius 2 is 2.07 bits per heavy atom. The van der Waals surface area contributed by atoms with Crippen molar-refractivity contribution in [2.75, 3.05) is 33.4 Å². The molecular formula is C19H25N5O3. The lowest BCUT2D eigenvalue weighted by molar-refractivity contribution is 0.0601. The van der Waals surface area contributed by atoms with Crippen LogP contribution in [-0.2, 0) is 16.1 Å². The van der Waals surface area contributed by atoms with Crippen molar-refractivity contribution in [2.45, 2.75) is 32.3 Å². The summed E-state index contributed by atoms with van der Waals surface area (Å²) in [5.74, 6) is 0.971. The molecule has 3 heterocycles. The molecule has 8 heteroatoms. The maximum absolute atomic E-state index is 12.7. The summed E-state index contributed by atoms with van der Waals surface area (Å²) in [6, 6.07) is 1.70. The molecule has 1 aliphatic rings. The average Bonchev–Trinajstić information content (AvgIpc) is 2.72. The third-order valence-electron chi connectivity index (χ3n) is 4.56. The number of carbonyl (C=O) groups is 1. The molecular weight excluding hydrogens is 346 g/mol. The van der Waals surface area contributed by atoms with E-state index >= 15 is 0 Å². The Kier molecular flexibility index (Phi) is 6.78. The highest BCUT2D eigenvalue weighted by Crippen LogP contribution is 2.28. The van der Waals surface area contributed by atoms with E-state index in [4.69, 9.17) is 9.47 Å². The number of carbonyl (C=O) groups excluding carboxylic acids is 1. The summed E-state index contributed by atoms with van der Waals surface area (Å²) in [6.45, 7) is 4.68. The van der Waals surface area contributed by atoms with Crippen LogP contribution in [0, 0.1) is 6.92 Å². The number of hydrogen-bond donors (Lipinski definition) is 0. The first kappa shape index (κ1) is 19.3. The molecule has 0 bridgehead atoms. The van der Waals surface area contributed by atoms with E-state index in [0.717, 1.165) is 29.9 Å². The Balaban J connectivity index is 1.73. The van der Waals surface area contributed by atoms with Crippen molar-refractivity contribution in [2.24, 2.45) is 0 Å². The molecule has 2 aromatic heterocycles. The fourth-order valence-electron chi connectivity index (χ4n) is 3.24. The van der Waals surface area contributed by atoms with E-state index in [2.05, 4.69) is 19.9 Å². The number of methoxy groups -OCH3 is 1. The van der Waals surface area contributed by atoms with Crippen LogP contribution < -0.4 is 0 Å². The Morgan fingerprint density at radius 3 is 2.85 bits per heavy atom. The molecule has 1 amide bonds. The van der Waals surface area contributed by atoms with Crippen LogP contribution in [0.4, 0.5) is 0 Å². The molecule has 0 radical (unpaired) electrons. The van der Waals surface area contributed by atoms with Crippen molar-refractivity contribution in [1.82, 2.24) is 24.8 Å². The molecule has 1 aliphatic heterocycles. The lowest BCUT2D eigenvalue weighted by Gasteiger charge is -2.32. The highest BCUT2D eigenvalue weighted by Gasteiger charge is 2.29. The average molecular weight is 371 g/mol. The molecule has 0 aliphatic carbocycles. The lowest BCUT2D eigenvalue weighted by atomic mass is 9.92. The molecule has 1 saturated heterocycles. The zero-order valence-electron chi connectivity index (χ0n) is 15.8. The summed E-state index contributed by atoms with van der Waals surface area (Å²) in [6.07, 6.45) is 6.89. The van der Waals surface area contributed by atoms with Gasteiger partial charge in [0.2, 0.25) is 5.82 Å². The molecule has 27 heavy (non-hydrogen) atoms. The van der Waals surface area contributed by atoms with E-state index < -0.39 is 0 Å². The molecule has 1 fully saturated rings. The number of hydrogen-bond acceptors (Lipinski definition) is 7. The van der Waals surface area contributed by atoms with Gasteiger partial charge in [0.05, 0.1) is 25.5 Å². The number of aryl methyl sites for hydroxylation is 1. The van der Waals surface area contributed by atoms with Gasteiger partial charge in [0.15, 0.2) is 0 Å². The minimum Gasteiger partial charge on any atom is -0.382 e. The van der Waals surface area contributed by atoms with E-state index in [9.17, 15) is 4.79 Å². The maximum Gasteiger partial charge on any atom is 0.291 e. The largest absolute Gasteiger partial charge is 0.382 e. The minimum atomic E-state index is -0.135. The predicted molar refractivity (Wildman–Crippen MR) is 98.2 cm³/mol. The second kappa shape index (κ2) is 9.48. The highest BCUT2D eigenvalue weighted by atomic mass is 16.5. The summed E-state index contributed by atoms with van der Waals surface area (Å²) < 4.78 is 10.7. The van der Waals surface area contributed by atoms with Crippen LogP contribution >= 0.6 is 0 Å². The third kappa shape index (κ3) is 5.05. The van der Waals surface area contributed by atoms with Crippen molar-refractivity contribution in [3.8, 4) is 0 Å². The summed E-state index contributed by atoms with van der Waals surface area (Å²) in [7, 11) is 1.65. The molecule has 0 aromatic carbocycles. The Morgan fingerprint density at radius 1 is 1.26 bits per heavy atom. The summed E-state index contributed by atoms with van der Waals surface area (Å²) >= 11 is 0. The smallest absolute Gasteiger partial charge is 0.291 e. The van der Waals surface area contributed by atoms with Crippen molar-refractivity contribution in [3.63, 3.8) is 0 Å². The van der Waals surface area contributed by atoms with Gasteiger partial charge in [-0.25, -0.2) is 19.9 Å². The van der Waals surface area contributed by atoms with E-state index in [1.165, 1.54) is 0 Å². The van der Waals surface area contributed by atoms with Crippen LogP contribution in [0.1, 0.15) is 46.5 Å². The summed E-state index contributed by atoms with van der Waals surface area (Å²) in [4.78, 5) is 31.7. The van der Waals surface area contributed by atoms with Gasteiger partial charge in [-0.2, -0.15) is 0 Å². The highest BCUT2D eigenvalue weighted by molar-refractivity contribution is 5.90. The van der Waals surface area contributed by atoms with Gasteiger partial charge in [-0.05, 0) is 25.8 Å². The molecule has 2 aromatic rings. The van der Waals surface area contributed by atoms with E-state index in [-0.39, 0.29) is 17.6 Å². The van der Waals surface area contributed by atoms with E-state index in [1.54, 1.807) is 25.6 Å². The van der Waals surface area contributed by atoms with Gasteiger partial charge in [0.1, 0.15) is 5.82 Å². The molecule has 1 atom stereocenters. The van der Waals surface area contributed by atoms with Crippen LogP contribution in [0.2, 0.25) is 0 Å². The number of nitrogens with zero attached hydrogens (tertiary/aromatic N) is 5. The van der Waals surface area contributed by atoms with Crippen LogP contribution in [-0.4, -0.2) is 64.2 Å². The Hall–Kier alpha value is -2.45. The molecule has 0 saturated carbocycles. The normalized spacial score (nSPS) is 17.1. The predicted octanol–water partition coefficient (Wildman–Crippen LogP) is 1.76. The number of likely N-dealkylation sites (tertiary alicyclic amines) is 1. The molecule has 0 N–H and O–H groups in total. The standard InChI is InChI=1S/C19H25N5O3/c1-14-22-11-16(13-27-10-9-26-2)17(23-14)15-5-3-8-24(12-15)19(25)18-20-6-4-7-21-18/h4,6-7,11,15H,3,5,8-10,12-13H2,1-2H3. The number of ether oxygens (including phenoxy) is 2. The molecule has 144 valence electrons.